The minimum absolute atomic E-state index is 0.0252. The maximum Gasteiger partial charge on any atom is 0.251 e. The van der Waals surface area contributed by atoms with E-state index in [1.54, 1.807) is 48.5 Å². The smallest absolute Gasteiger partial charge is 0.251 e. The number of carbonyl (C=O) groups excluding carboxylic acids is 2. The molecule has 2 N–H and O–H groups in total. The molecule has 3 aromatic carbocycles. The second kappa shape index (κ2) is 10.6. The number of ether oxygens (including phenoxy) is 1. The Kier molecular flexibility index (Phi) is 7.39. The summed E-state index contributed by atoms with van der Waals surface area (Å²) < 4.78 is 5.77. The van der Waals surface area contributed by atoms with Gasteiger partial charge in [0.05, 0.1) is 11.6 Å². The summed E-state index contributed by atoms with van der Waals surface area (Å²) in [6.45, 7) is 2.28. The molecule has 6 nitrogen and oxygen atoms in total. The SMILES string of the molecule is CCCC(=O)Nc1cccc(CNC(=O)c2cccc(Oc3ccc(C#N)cc3)c2)c1. The first kappa shape index (κ1) is 21.6. The van der Waals surface area contributed by atoms with Crippen LogP contribution in [0.2, 0.25) is 0 Å². The number of nitrogens with zero attached hydrogens (tertiary/aromatic N) is 1. The molecule has 156 valence electrons. The number of amides is 2. The highest BCUT2D eigenvalue weighted by Crippen LogP contribution is 2.22. The Morgan fingerprint density at radius 1 is 0.968 bits per heavy atom. The number of nitriles is 1. The maximum atomic E-state index is 12.6. The molecule has 0 spiro atoms. The molecule has 0 unspecified atom stereocenters. The zero-order valence-electron chi connectivity index (χ0n) is 17.2. The predicted octanol–water partition coefficient (Wildman–Crippen LogP) is 5.02. The maximum absolute atomic E-state index is 12.6. The van der Waals surface area contributed by atoms with Crippen molar-refractivity contribution in [2.24, 2.45) is 0 Å². The molecule has 6 heteroatoms. The predicted molar refractivity (Wildman–Crippen MR) is 119 cm³/mol. The first-order chi connectivity index (χ1) is 15.1. The zero-order chi connectivity index (χ0) is 22.1. The number of benzene rings is 3. The van der Waals surface area contributed by atoms with Crippen molar-refractivity contribution >= 4 is 17.5 Å². The van der Waals surface area contributed by atoms with Gasteiger partial charge in [0.15, 0.2) is 0 Å². The van der Waals surface area contributed by atoms with Crippen LogP contribution in [0, 0.1) is 11.3 Å². The summed E-state index contributed by atoms with van der Waals surface area (Å²) in [6, 6.07) is 23.1. The van der Waals surface area contributed by atoms with E-state index in [1.807, 2.05) is 31.2 Å². The summed E-state index contributed by atoms with van der Waals surface area (Å²) in [4.78, 5) is 24.3. The number of hydrogen-bond donors (Lipinski definition) is 2. The standard InChI is InChI=1S/C25H23N3O3/c1-2-5-24(29)28-21-8-3-6-19(14-21)17-27-25(30)20-7-4-9-23(15-20)31-22-12-10-18(16-26)11-13-22/h3-4,6-15H,2,5,17H2,1H3,(H,27,30)(H,28,29). The van der Waals surface area contributed by atoms with Gasteiger partial charge in [-0.3, -0.25) is 9.59 Å². The third-order valence-corrected chi connectivity index (χ3v) is 4.46. The van der Waals surface area contributed by atoms with E-state index in [4.69, 9.17) is 10.00 Å². The largest absolute Gasteiger partial charge is 0.457 e. The van der Waals surface area contributed by atoms with Crippen LogP contribution in [0.1, 0.15) is 41.3 Å². The van der Waals surface area contributed by atoms with Crippen LogP contribution in [0.15, 0.2) is 72.8 Å². The van der Waals surface area contributed by atoms with Crippen molar-refractivity contribution < 1.29 is 14.3 Å². The van der Waals surface area contributed by atoms with Gasteiger partial charge in [0, 0.05) is 24.2 Å². The zero-order valence-corrected chi connectivity index (χ0v) is 17.2. The van der Waals surface area contributed by atoms with Crippen molar-refractivity contribution in [3.8, 4) is 17.6 Å². The van der Waals surface area contributed by atoms with E-state index >= 15 is 0 Å². The molecule has 0 heterocycles. The number of rotatable bonds is 8. The summed E-state index contributed by atoms with van der Waals surface area (Å²) in [5.74, 6) is 0.852. The van der Waals surface area contributed by atoms with E-state index in [9.17, 15) is 9.59 Å². The summed E-state index contributed by atoms with van der Waals surface area (Å²) in [6.07, 6.45) is 1.26. The molecule has 0 saturated carbocycles. The lowest BCUT2D eigenvalue weighted by Crippen LogP contribution is -2.22. The molecule has 31 heavy (non-hydrogen) atoms. The van der Waals surface area contributed by atoms with Gasteiger partial charge in [-0.25, -0.2) is 0 Å². The van der Waals surface area contributed by atoms with Gasteiger partial charge in [0.1, 0.15) is 11.5 Å². The fraction of sp³-hybridized carbons (Fsp3) is 0.160. The molecular weight excluding hydrogens is 390 g/mol. The van der Waals surface area contributed by atoms with Crippen molar-refractivity contribution in [1.82, 2.24) is 5.32 Å². The minimum Gasteiger partial charge on any atom is -0.457 e. The van der Waals surface area contributed by atoms with Crippen molar-refractivity contribution in [3.63, 3.8) is 0 Å². The van der Waals surface area contributed by atoms with Crippen LogP contribution < -0.4 is 15.4 Å². The molecule has 0 atom stereocenters. The van der Waals surface area contributed by atoms with Crippen molar-refractivity contribution in [3.05, 3.63) is 89.5 Å². The second-order valence-electron chi connectivity index (χ2n) is 6.95. The number of anilines is 1. The van der Waals surface area contributed by atoms with Crippen molar-refractivity contribution in [2.45, 2.75) is 26.3 Å². The summed E-state index contributed by atoms with van der Waals surface area (Å²) in [5.41, 5.74) is 2.61. The van der Waals surface area contributed by atoms with Crippen LogP contribution in [0.25, 0.3) is 0 Å². The molecule has 0 fully saturated rings. The molecule has 0 aliphatic rings. The van der Waals surface area contributed by atoms with Crippen LogP contribution in [-0.4, -0.2) is 11.8 Å². The highest BCUT2D eigenvalue weighted by molar-refractivity contribution is 5.94. The quantitative estimate of drug-likeness (QED) is 0.542. The van der Waals surface area contributed by atoms with Crippen molar-refractivity contribution in [1.29, 1.82) is 5.26 Å². The van der Waals surface area contributed by atoms with Crippen molar-refractivity contribution in [2.75, 3.05) is 5.32 Å². The normalized spacial score (nSPS) is 10.1. The minimum atomic E-state index is -0.231. The second-order valence-corrected chi connectivity index (χ2v) is 6.95. The van der Waals surface area contributed by atoms with Gasteiger partial charge >= 0.3 is 0 Å². The average Bonchev–Trinajstić information content (AvgIpc) is 2.78. The van der Waals surface area contributed by atoms with Gasteiger partial charge in [-0.05, 0) is 66.6 Å². The van der Waals surface area contributed by atoms with E-state index < -0.39 is 0 Å². The number of carbonyl (C=O) groups is 2. The Morgan fingerprint density at radius 3 is 2.48 bits per heavy atom. The Morgan fingerprint density at radius 2 is 1.74 bits per heavy atom. The Hall–Kier alpha value is -4.11. The van der Waals surface area contributed by atoms with Crippen LogP contribution in [0.5, 0.6) is 11.5 Å². The fourth-order valence-corrected chi connectivity index (χ4v) is 2.93. The van der Waals surface area contributed by atoms with E-state index in [-0.39, 0.29) is 11.8 Å². The third-order valence-electron chi connectivity index (χ3n) is 4.46. The molecule has 0 radical (unpaired) electrons. The van der Waals surface area contributed by atoms with Gasteiger partial charge < -0.3 is 15.4 Å². The molecule has 0 aliphatic heterocycles. The molecule has 3 aromatic rings. The highest BCUT2D eigenvalue weighted by Gasteiger charge is 2.08. The van der Waals surface area contributed by atoms with Gasteiger partial charge in [0.25, 0.3) is 5.91 Å². The van der Waals surface area contributed by atoms with Crippen LogP contribution >= 0.6 is 0 Å². The van der Waals surface area contributed by atoms with Gasteiger partial charge in [-0.1, -0.05) is 25.1 Å². The topological polar surface area (TPSA) is 91.2 Å². The lowest BCUT2D eigenvalue weighted by molar-refractivity contribution is -0.116. The van der Waals surface area contributed by atoms with Gasteiger partial charge in [-0.2, -0.15) is 5.26 Å². The highest BCUT2D eigenvalue weighted by atomic mass is 16.5. The van der Waals surface area contributed by atoms with Crippen LogP contribution in [0.3, 0.4) is 0 Å². The monoisotopic (exact) mass is 413 g/mol. The lowest BCUT2D eigenvalue weighted by atomic mass is 10.1. The fourth-order valence-electron chi connectivity index (χ4n) is 2.93. The van der Waals surface area contributed by atoms with E-state index in [2.05, 4.69) is 16.7 Å². The first-order valence-electron chi connectivity index (χ1n) is 10.0. The summed E-state index contributed by atoms with van der Waals surface area (Å²) >= 11 is 0. The number of hydrogen-bond acceptors (Lipinski definition) is 4. The summed E-state index contributed by atoms with van der Waals surface area (Å²) in [7, 11) is 0. The molecule has 0 aliphatic carbocycles. The first-order valence-corrected chi connectivity index (χ1v) is 10.0. The molecule has 2 amide bonds. The summed E-state index contributed by atoms with van der Waals surface area (Å²) in [5, 5.41) is 14.6. The lowest BCUT2D eigenvalue weighted by Gasteiger charge is -2.10. The Labute approximate surface area is 181 Å². The van der Waals surface area contributed by atoms with Crippen LogP contribution in [-0.2, 0) is 11.3 Å². The Bertz CT molecular complexity index is 1100. The molecule has 0 aromatic heterocycles. The van der Waals surface area contributed by atoms with E-state index in [1.165, 1.54) is 0 Å². The third kappa shape index (κ3) is 6.44. The van der Waals surface area contributed by atoms with Gasteiger partial charge in [0.2, 0.25) is 5.91 Å². The van der Waals surface area contributed by atoms with E-state index in [0.29, 0.717) is 41.3 Å². The molecular formula is C25H23N3O3. The number of nitrogens with one attached hydrogen (secondary N) is 2. The van der Waals surface area contributed by atoms with Crippen LogP contribution in [0.4, 0.5) is 5.69 Å². The van der Waals surface area contributed by atoms with E-state index in [0.717, 1.165) is 12.0 Å². The molecule has 0 bridgehead atoms. The Balaban J connectivity index is 1.60. The molecule has 3 rings (SSSR count). The van der Waals surface area contributed by atoms with Gasteiger partial charge in [-0.15, -0.1) is 0 Å². The molecule has 0 saturated heterocycles. The average molecular weight is 413 g/mol.